The van der Waals surface area contributed by atoms with Gasteiger partial charge in [-0.25, -0.2) is 4.39 Å². The molecule has 0 aliphatic carbocycles. The molecule has 7 heteroatoms. The van der Waals surface area contributed by atoms with Gasteiger partial charge in [-0.15, -0.1) is 0 Å². The summed E-state index contributed by atoms with van der Waals surface area (Å²) in [5, 5.41) is 2.70. The van der Waals surface area contributed by atoms with Crippen molar-refractivity contribution in [1.29, 1.82) is 0 Å². The van der Waals surface area contributed by atoms with Crippen LogP contribution in [0.25, 0.3) is 0 Å². The van der Waals surface area contributed by atoms with Gasteiger partial charge in [0, 0.05) is 11.9 Å². The van der Waals surface area contributed by atoms with Gasteiger partial charge in [-0.05, 0) is 12.1 Å². The molecule has 1 amide bonds. The fourth-order valence-electron chi connectivity index (χ4n) is 1.18. The smallest absolute Gasteiger partial charge is 0.351 e. The van der Waals surface area contributed by atoms with Gasteiger partial charge in [0.25, 0.3) is 5.91 Å². The standard InChI is InChI=1S/C10H8BrF4NO/c11-4-5-16-9(17)6-2-1-3-7(8(6)12)10(13,14)15/h1-3H,4-5H2,(H,16,17). The maximum atomic E-state index is 13.5. The van der Waals surface area contributed by atoms with Crippen molar-refractivity contribution in [1.82, 2.24) is 5.32 Å². The lowest BCUT2D eigenvalue weighted by Gasteiger charge is -2.10. The van der Waals surface area contributed by atoms with Crippen LogP contribution in [-0.2, 0) is 6.18 Å². The zero-order chi connectivity index (χ0) is 13.1. The van der Waals surface area contributed by atoms with Crippen LogP contribution in [0, 0.1) is 5.82 Å². The van der Waals surface area contributed by atoms with Crippen molar-refractivity contribution in [2.24, 2.45) is 0 Å². The van der Waals surface area contributed by atoms with Crippen molar-refractivity contribution in [2.75, 3.05) is 11.9 Å². The third-order valence-electron chi connectivity index (χ3n) is 1.93. The minimum atomic E-state index is -4.81. The van der Waals surface area contributed by atoms with Crippen LogP contribution in [0.4, 0.5) is 17.6 Å². The van der Waals surface area contributed by atoms with E-state index in [1.54, 1.807) is 0 Å². The topological polar surface area (TPSA) is 29.1 Å². The lowest BCUT2D eigenvalue weighted by molar-refractivity contribution is -0.140. The van der Waals surface area contributed by atoms with Crippen LogP contribution in [0.1, 0.15) is 15.9 Å². The van der Waals surface area contributed by atoms with Gasteiger partial charge in [0.05, 0.1) is 11.1 Å². The van der Waals surface area contributed by atoms with Crippen molar-refractivity contribution in [3.8, 4) is 0 Å². The number of rotatable bonds is 3. The molecule has 0 saturated carbocycles. The molecule has 0 atom stereocenters. The molecule has 0 bridgehead atoms. The highest BCUT2D eigenvalue weighted by molar-refractivity contribution is 9.09. The van der Waals surface area contributed by atoms with Crippen molar-refractivity contribution >= 4 is 21.8 Å². The molecule has 2 nitrogen and oxygen atoms in total. The molecule has 0 heterocycles. The van der Waals surface area contributed by atoms with Gasteiger partial charge in [0.15, 0.2) is 0 Å². The predicted octanol–water partition coefficient (Wildman–Crippen LogP) is 2.97. The van der Waals surface area contributed by atoms with Crippen molar-refractivity contribution in [2.45, 2.75) is 6.18 Å². The maximum Gasteiger partial charge on any atom is 0.419 e. The molecule has 0 aliphatic rings. The Morgan fingerprint density at radius 3 is 2.53 bits per heavy atom. The summed E-state index contributed by atoms with van der Waals surface area (Å²) in [6.45, 7) is 0.203. The van der Waals surface area contributed by atoms with Gasteiger partial charge in [0.2, 0.25) is 0 Å². The van der Waals surface area contributed by atoms with Crippen molar-refractivity contribution in [3.05, 3.63) is 35.1 Å². The Balaban J connectivity index is 3.06. The Kier molecular flexibility index (Phi) is 4.50. The van der Waals surface area contributed by atoms with E-state index in [1.807, 2.05) is 0 Å². The molecule has 1 aromatic rings. The van der Waals surface area contributed by atoms with Crippen LogP contribution in [-0.4, -0.2) is 17.8 Å². The first-order valence-corrected chi connectivity index (χ1v) is 5.70. The fourth-order valence-corrected chi connectivity index (χ4v) is 1.38. The predicted molar refractivity (Wildman–Crippen MR) is 57.5 cm³/mol. The normalized spacial score (nSPS) is 11.4. The molecule has 1 aromatic carbocycles. The molecule has 0 radical (unpaired) electrons. The largest absolute Gasteiger partial charge is 0.419 e. The highest BCUT2D eigenvalue weighted by atomic mass is 79.9. The molecule has 1 rings (SSSR count). The molecule has 0 saturated heterocycles. The molecule has 0 fully saturated rings. The highest BCUT2D eigenvalue weighted by Gasteiger charge is 2.35. The molecular formula is C10H8BrF4NO. The Labute approximate surface area is 103 Å². The molecule has 0 spiro atoms. The molecule has 94 valence electrons. The highest BCUT2D eigenvalue weighted by Crippen LogP contribution is 2.32. The van der Waals surface area contributed by atoms with E-state index in [2.05, 4.69) is 21.2 Å². The summed E-state index contributed by atoms with van der Waals surface area (Å²) in [6, 6.07) is 2.60. The number of hydrogen-bond donors (Lipinski definition) is 1. The average molecular weight is 314 g/mol. The number of carbonyl (C=O) groups is 1. The molecule has 1 N–H and O–H groups in total. The quantitative estimate of drug-likeness (QED) is 0.674. The van der Waals surface area contributed by atoms with Crippen LogP contribution < -0.4 is 5.32 Å². The Bertz CT molecular complexity index is 419. The van der Waals surface area contributed by atoms with Crippen molar-refractivity contribution in [3.63, 3.8) is 0 Å². The zero-order valence-corrected chi connectivity index (χ0v) is 10.0. The summed E-state index contributed by atoms with van der Waals surface area (Å²) >= 11 is 3.03. The SMILES string of the molecule is O=C(NCCBr)c1cccc(C(F)(F)F)c1F. The Morgan fingerprint density at radius 1 is 1.35 bits per heavy atom. The van der Waals surface area contributed by atoms with Crippen LogP contribution in [0.3, 0.4) is 0 Å². The van der Waals surface area contributed by atoms with E-state index in [1.165, 1.54) is 0 Å². The van der Waals surface area contributed by atoms with Crippen LogP contribution in [0.5, 0.6) is 0 Å². The summed E-state index contributed by atoms with van der Waals surface area (Å²) in [4.78, 5) is 11.4. The third-order valence-corrected chi connectivity index (χ3v) is 2.33. The summed E-state index contributed by atoms with van der Waals surface area (Å²) in [7, 11) is 0. The van der Waals surface area contributed by atoms with Gasteiger partial charge < -0.3 is 5.32 Å². The maximum absolute atomic E-state index is 13.5. The number of hydrogen-bond acceptors (Lipinski definition) is 1. The van der Waals surface area contributed by atoms with Gasteiger partial charge in [-0.2, -0.15) is 13.2 Å². The molecular weight excluding hydrogens is 306 g/mol. The first-order chi connectivity index (χ1) is 7.88. The number of nitrogens with one attached hydrogen (secondary N) is 1. The summed E-state index contributed by atoms with van der Waals surface area (Å²) in [5.74, 6) is -2.42. The van der Waals surface area contributed by atoms with Crippen LogP contribution in [0.2, 0.25) is 0 Å². The number of amides is 1. The minimum Gasteiger partial charge on any atom is -0.351 e. The number of halogens is 5. The monoisotopic (exact) mass is 313 g/mol. The Morgan fingerprint density at radius 2 is 2.00 bits per heavy atom. The first kappa shape index (κ1) is 14.0. The molecule has 0 aliphatic heterocycles. The second kappa shape index (κ2) is 5.48. The minimum absolute atomic E-state index is 0.203. The van der Waals surface area contributed by atoms with E-state index in [0.29, 0.717) is 11.4 Å². The van der Waals surface area contributed by atoms with E-state index < -0.39 is 29.0 Å². The lowest BCUT2D eigenvalue weighted by Crippen LogP contribution is -2.27. The molecule has 17 heavy (non-hydrogen) atoms. The van der Waals surface area contributed by atoms with Gasteiger partial charge in [-0.1, -0.05) is 22.0 Å². The van der Waals surface area contributed by atoms with E-state index in [4.69, 9.17) is 0 Å². The summed E-state index contributed by atoms with van der Waals surface area (Å²) in [6.07, 6.45) is -4.81. The van der Waals surface area contributed by atoms with E-state index >= 15 is 0 Å². The first-order valence-electron chi connectivity index (χ1n) is 4.57. The van der Waals surface area contributed by atoms with Gasteiger partial charge in [-0.3, -0.25) is 4.79 Å². The van der Waals surface area contributed by atoms with Gasteiger partial charge in [0.1, 0.15) is 5.82 Å². The van der Waals surface area contributed by atoms with Gasteiger partial charge >= 0.3 is 6.18 Å². The molecule has 0 aromatic heterocycles. The number of alkyl halides is 4. The van der Waals surface area contributed by atoms with E-state index in [-0.39, 0.29) is 6.54 Å². The number of carbonyl (C=O) groups excluding carboxylic acids is 1. The second-order valence-electron chi connectivity index (χ2n) is 3.11. The fraction of sp³-hybridized carbons (Fsp3) is 0.300. The zero-order valence-electron chi connectivity index (χ0n) is 8.44. The lowest BCUT2D eigenvalue weighted by atomic mass is 10.1. The second-order valence-corrected chi connectivity index (χ2v) is 3.90. The summed E-state index contributed by atoms with van der Waals surface area (Å²) < 4.78 is 50.5. The Hall–Kier alpha value is -1.11. The number of benzene rings is 1. The van der Waals surface area contributed by atoms with Crippen molar-refractivity contribution < 1.29 is 22.4 Å². The van der Waals surface area contributed by atoms with E-state index in [9.17, 15) is 22.4 Å². The third kappa shape index (κ3) is 3.42. The van der Waals surface area contributed by atoms with Crippen LogP contribution in [0.15, 0.2) is 18.2 Å². The summed E-state index contributed by atoms with van der Waals surface area (Å²) in [5.41, 5.74) is -2.05. The average Bonchev–Trinajstić information content (AvgIpc) is 2.24. The molecule has 0 unspecified atom stereocenters. The van der Waals surface area contributed by atoms with E-state index in [0.717, 1.165) is 12.1 Å². The van der Waals surface area contributed by atoms with Crippen LogP contribution >= 0.6 is 15.9 Å².